The molecule has 2 fully saturated rings. The Bertz CT molecular complexity index is 611. The van der Waals surface area contributed by atoms with Crippen LogP contribution in [0.4, 0.5) is 4.39 Å². The van der Waals surface area contributed by atoms with Crippen molar-refractivity contribution in [1.29, 1.82) is 0 Å². The molecule has 4 rings (SSSR count). The number of fused-ring (bicyclic) bond motifs is 1. The SMILES string of the molecule is NC(c1nc2c(F)cccc2n1C1CC1)C1CC1. The van der Waals surface area contributed by atoms with Gasteiger partial charge in [0.25, 0.3) is 0 Å². The number of para-hydroxylation sites is 1. The first-order chi connectivity index (χ1) is 8.75. The largest absolute Gasteiger partial charge is 0.323 e. The van der Waals surface area contributed by atoms with Crippen molar-refractivity contribution < 1.29 is 4.39 Å². The van der Waals surface area contributed by atoms with E-state index in [2.05, 4.69) is 9.55 Å². The van der Waals surface area contributed by atoms with Gasteiger partial charge in [0.15, 0.2) is 5.82 Å². The van der Waals surface area contributed by atoms with Crippen molar-refractivity contribution in [3.8, 4) is 0 Å². The highest BCUT2D eigenvalue weighted by Crippen LogP contribution is 2.44. The second-order valence-corrected chi connectivity index (χ2v) is 5.54. The van der Waals surface area contributed by atoms with Crippen LogP contribution in [0.25, 0.3) is 11.0 Å². The molecule has 3 nitrogen and oxygen atoms in total. The van der Waals surface area contributed by atoms with Crippen LogP contribution in [0, 0.1) is 11.7 Å². The number of aromatic nitrogens is 2. The zero-order chi connectivity index (χ0) is 12.3. The van der Waals surface area contributed by atoms with Crippen molar-refractivity contribution in [3.63, 3.8) is 0 Å². The molecule has 0 bridgehead atoms. The van der Waals surface area contributed by atoms with Crippen LogP contribution in [0.1, 0.15) is 43.6 Å². The van der Waals surface area contributed by atoms with Crippen molar-refractivity contribution in [2.75, 3.05) is 0 Å². The molecule has 1 aromatic carbocycles. The first-order valence-electron chi connectivity index (χ1n) is 6.67. The lowest BCUT2D eigenvalue weighted by Gasteiger charge is -2.13. The Morgan fingerprint density at radius 2 is 2.06 bits per heavy atom. The highest BCUT2D eigenvalue weighted by atomic mass is 19.1. The van der Waals surface area contributed by atoms with Gasteiger partial charge in [-0.1, -0.05) is 6.07 Å². The Labute approximate surface area is 105 Å². The zero-order valence-electron chi connectivity index (χ0n) is 10.1. The molecule has 2 aromatic rings. The summed E-state index contributed by atoms with van der Waals surface area (Å²) in [6, 6.07) is 5.63. The van der Waals surface area contributed by atoms with Gasteiger partial charge in [0.2, 0.25) is 0 Å². The maximum Gasteiger partial charge on any atom is 0.151 e. The molecular weight excluding hydrogens is 229 g/mol. The molecule has 18 heavy (non-hydrogen) atoms. The highest BCUT2D eigenvalue weighted by Gasteiger charge is 2.36. The first-order valence-corrected chi connectivity index (χ1v) is 6.67. The van der Waals surface area contributed by atoms with Crippen LogP contribution in [0.15, 0.2) is 18.2 Å². The summed E-state index contributed by atoms with van der Waals surface area (Å²) in [6.07, 6.45) is 4.67. The smallest absolute Gasteiger partial charge is 0.151 e. The number of hydrogen-bond acceptors (Lipinski definition) is 2. The van der Waals surface area contributed by atoms with Crippen molar-refractivity contribution in [3.05, 3.63) is 29.8 Å². The standard InChI is InChI=1S/C14H16FN3/c15-10-2-1-3-11-13(10)17-14(12(16)8-4-5-8)18(11)9-6-7-9/h1-3,8-9,12H,4-7,16H2. The number of nitrogens with two attached hydrogens (primary N) is 1. The van der Waals surface area contributed by atoms with E-state index in [0.29, 0.717) is 17.5 Å². The van der Waals surface area contributed by atoms with Gasteiger partial charge < -0.3 is 10.3 Å². The van der Waals surface area contributed by atoms with Gasteiger partial charge in [-0.05, 0) is 43.7 Å². The molecule has 2 aliphatic rings. The highest BCUT2D eigenvalue weighted by molar-refractivity contribution is 5.77. The van der Waals surface area contributed by atoms with Crippen LogP contribution in [-0.2, 0) is 0 Å². The lowest BCUT2D eigenvalue weighted by atomic mass is 10.2. The molecule has 0 aliphatic heterocycles. The van der Waals surface area contributed by atoms with Crippen molar-refractivity contribution in [2.24, 2.45) is 11.7 Å². The fourth-order valence-corrected chi connectivity index (χ4v) is 2.72. The third-order valence-electron chi connectivity index (χ3n) is 4.04. The summed E-state index contributed by atoms with van der Waals surface area (Å²) in [5.74, 6) is 1.19. The second-order valence-electron chi connectivity index (χ2n) is 5.54. The molecule has 1 atom stereocenters. The van der Waals surface area contributed by atoms with Crippen LogP contribution in [0.5, 0.6) is 0 Å². The fraction of sp³-hybridized carbons (Fsp3) is 0.500. The van der Waals surface area contributed by atoms with Gasteiger partial charge in [-0.25, -0.2) is 9.37 Å². The van der Waals surface area contributed by atoms with Crippen molar-refractivity contribution in [2.45, 2.75) is 37.8 Å². The molecule has 94 valence electrons. The predicted molar refractivity (Wildman–Crippen MR) is 67.6 cm³/mol. The van der Waals surface area contributed by atoms with E-state index in [9.17, 15) is 4.39 Å². The van der Waals surface area contributed by atoms with Gasteiger partial charge in [-0.3, -0.25) is 0 Å². The van der Waals surface area contributed by atoms with Crippen LogP contribution >= 0.6 is 0 Å². The Morgan fingerprint density at radius 1 is 1.28 bits per heavy atom. The molecule has 1 unspecified atom stereocenters. The van der Waals surface area contributed by atoms with E-state index in [-0.39, 0.29) is 11.9 Å². The first kappa shape index (κ1) is 10.5. The summed E-state index contributed by atoms with van der Waals surface area (Å²) >= 11 is 0. The summed E-state index contributed by atoms with van der Waals surface area (Å²) in [4.78, 5) is 4.50. The topological polar surface area (TPSA) is 43.8 Å². The van der Waals surface area contributed by atoms with E-state index < -0.39 is 0 Å². The summed E-state index contributed by atoms with van der Waals surface area (Å²) < 4.78 is 16.0. The second kappa shape index (κ2) is 3.54. The van der Waals surface area contributed by atoms with Gasteiger partial charge in [-0.15, -0.1) is 0 Å². The van der Waals surface area contributed by atoms with Crippen molar-refractivity contribution >= 4 is 11.0 Å². The maximum absolute atomic E-state index is 13.8. The van der Waals surface area contributed by atoms with E-state index in [4.69, 9.17) is 5.73 Å². The Balaban J connectivity index is 1.94. The van der Waals surface area contributed by atoms with Crippen LogP contribution in [0.2, 0.25) is 0 Å². The molecular formula is C14H16FN3. The minimum absolute atomic E-state index is 0.0302. The quantitative estimate of drug-likeness (QED) is 0.903. The zero-order valence-corrected chi connectivity index (χ0v) is 10.1. The van der Waals surface area contributed by atoms with Gasteiger partial charge in [0.05, 0.1) is 11.6 Å². The Hall–Kier alpha value is -1.42. The number of rotatable bonds is 3. The summed E-state index contributed by atoms with van der Waals surface area (Å²) in [6.45, 7) is 0. The van der Waals surface area contributed by atoms with Crippen LogP contribution < -0.4 is 5.73 Å². The minimum atomic E-state index is -0.240. The van der Waals surface area contributed by atoms with E-state index in [1.807, 2.05) is 6.07 Å². The van der Waals surface area contributed by atoms with Gasteiger partial charge >= 0.3 is 0 Å². The number of halogens is 1. The molecule has 2 aliphatic carbocycles. The third kappa shape index (κ3) is 1.48. The Kier molecular flexibility index (Phi) is 2.07. The molecule has 0 radical (unpaired) electrons. The van der Waals surface area contributed by atoms with E-state index in [0.717, 1.165) is 24.2 Å². The van der Waals surface area contributed by atoms with Gasteiger partial charge in [0, 0.05) is 6.04 Å². The van der Waals surface area contributed by atoms with E-state index in [1.54, 1.807) is 6.07 Å². The average Bonchev–Trinajstić information content (AvgIpc) is 3.25. The third-order valence-corrected chi connectivity index (χ3v) is 4.04. The summed E-state index contributed by atoms with van der Waals surface area (Å²) in [5.41, 5.74) is 7.66. The molecule has 0 amide bonds. The Morgan fingerprint density at radius 3 is 2.72 bits per heavy atom. The molecule has 1 heterocycles. The number of nitrogens with zero attached hydrogens (tertiary/aromatic N) is 2. The van der Waals surface area contributed by atoms with E-state index >= 15 is 0 Å². The molecule has 1 aromatic heterocycles. The molecule has 0 spiro atoms. The fourth-order valence-electron chi connectivity index (χ4n) is 2.72. The predicted octanol–water partition coefficient (Wildman–Crippen LogP) is 2.92. The lowest BCUT2D eigenvalue weighted by molar-refractivity contribution is 0.551. The summed E-state index contributed by atoms with van der Waals surface area (Å²) in [5, 5.41) is 0. The van der Waals surface area contributed by atoms with Gasteiger partial charge in [-0.2, -0.15) is 0 Å². The van der Waals surface area contributed by atoms with Gasteiger partial charge in [0.1, 0.15) is 11.3 Å². The summed E-state index contributed by atoms with van der Waals surface area (Å²) in [7, 11) is 0. The lowest BCUT2D eigenvalue weighted by Crippen LogP contribution is -2.18. The molecule has 4 heteroatoms. The molecule has 2 N–H and O–H groups in total. The normalized spacial score (nSPS) is 21.4. The molecule has 2 saturated carbocycles. The minimum Gasteiger partial charge on any atom is -0.323 e. The number of imidazole rings is 1. The average molecular weight is 245 g/mol. The maximum atomic E-state index is 13.8. The van der Waals surface area contributed by atoms with Crippen LogP contribution in [-0.4, -0.2) is 9.55 Å². The number of hydrogen-bond donors (Lipinski definition) is 1. The van der Waals surface area contributed by atoms with Crippen LogP contribution in [0.3, 0.4) is 0 Å². The number of benzene rings is 1. The van der Waals surface area contributed by atoms with Crippen molar-refractivity contribution in [1.82, 2.24) is 9.55 Å². The molecule has 0 saturated heterocycles. The van der Waals surface area contributed by atoms with E-state index in [1.165, 1.54) is 18.9 Å². The monoisotopic (exact) mass is 245 g/mol.